The minimum atomic E-state index is -0.609. The largest absolute Gasteiger partial charge is 0.391 e. The topological polar surface area (TPSA) is 20.2 Å². The van der Waals surface area contributed by atoms with Crippen molar-refractivity contribution in [1.29, 1.82) is 0 Å². The minimum Gasteiger partial charge on any atom is -0.391 e. The van der Waals surface area contributed by atoms with E-state index in [1.54, 1.807) is 0 Å². The predicted molar refractivity (Wildman–Crippen MR) is 155 cm³/mol. The molecule has 34 heavy (non-hydrogen) atoms. The van der Waals surface area contributed by atoms with E-state index in [9.17, 15) is 5.11 Å². The maximum absolute atomic E-state index is 11.3. The van der Waals surface area contributed by atoms with Gasteiger partial charge in [-0.05, 0) is 115 Å². The molecule has 1 unspecified atom stereocenters. The van der Waals surface area contributed by atoms with Crippen LogP contribution >= 0.6 is 37.9 Å². The second kappa shape index (κ2) is 7.66. The van der Waals surface area contributed by atoms with Crippen molar-refractivity contribution in [2.75, 3.05) is 0 Å². The monoisotopic (exact) mass is 522 g/mol. The van der Waals surface area contributed by atoms with Crippen LogP contribution in [0.15, 0.2) is 12.2 Å². The van der Waals surface area contributed by atoms with Crippen molar-refractivity contribution < 1.29 is 5.11 Å². The first-order chi connectivity index (χ1) is 15.5. The molecule has 5 fully saturated rings. The van der Waals surface area contributed by atoms with Crippen LogP contribution in [0.5, 0.6) is 0 Å². The Hall–Kier alpha value is 0.750. The Morgan fingerprint density at radius 2 is 1.47 bits per heavy atom. The molecule has 5 aliphatic rings. The first kappa shape index (κ1) is 26.4. The summed E-state index contributed by atoms with van der Waals surface area (Å²) < 4.78 is -0.609. The van der Waals surface area contributed by atoms with Crippen LogP contribution in [-0.4, -0.2) is 20.5 Å². The smallest absolute Gasteiger partial charge is 0.0751 e. The van der Waals surface area contributed by atoms with E-state index in [2.05, 4.69) is 55.0 Å². The Morgan fingerprint density at radius 3 is 2.09 bits per heavy atom. The zero-order chi connectivity index (χ0) is 25.3. The Labute approximate surface area is 226 Å². The van der Waals surface area contributed by atoms with Gasteiger partial charge in [0.05, 0.1) is 15.4 Å². The molecule has 5 saturated carbocycles. The maximum Gasteiger partial charge on any atom is 0.0751 e. The zero-order valence-electron chi connectivity index (χ0n) is 22.7. The number of hydrogen-bond acceptors (Lipinski definition) is 4. The van der Waals surface area contributed by atoms with Crippen molar-refractivity contribution in [3.05, 3.63) is 12.2 Å². The van der Waals surface area contributed by atoms with E-state index in [-0.39, 0.29) is 21.5 Å². The Morgan fingerprint density at radius 1 is 0.824 bits per heavy atom. The number of thiol groups is 3. The molecule has 4 heteroatoms. The number of hydrogen-bond donors (Lipinski definition) is 4. The van der Waals surface area contributed by atoms with Crippen molar-refractivity contribution in [3.63, 3.8) is 0 Å². The lowest BCUT2D eigenvalue weighted by molar-refractivity contribution is -0.245. The minimum absolute atomic E-state index is 0.0838. The molecule has 1 N–H and O–H groups in total. The van der Waals surface area contributed by atoms with Crippen LogP contribution in [0.4, 0.5) is 0 Å². The SMILES string of the molecule is C=C(C)[C@@H]1CC[C@]2(C)CC[C@]3(C)[C@H](CC[C@H]4[C@]5(C)[C@H](CC[C@]43C)C(C)(C)[C@H](O)C(S)C5(S)S)[C@@H]12. The molecule has 0 amide bonds. The highest BCUT2D eigenvalue weighted by atomic mass is 32.2. The average Bonchev–Trinajstić information content (AvgIpc) is 3.10. The molecule has 1 nitrogen and oxygen atoms in total. The van der Waals surface area contributed by atoms with E-state index < -0.39 is 10.2 Å². The third-order valence-corrected chi connectivity index (χ3v) is 16.4. The van der Waals surface area contributed by atoms with Crippen LogP contribution in [0.2, 0.25) is 0 Å². The van der Waals surface area contributed by atoms with Crippen molar-refractivity contribution in [1.82, 2.24) is 0 Å². The number of allylic oxidation sites excluding steroid dienone is 1. The van der Waals surface area contributed by atoms with Crippen molar-refractivity contribution in [2.45, 2.75) is 115 Å². The summed E-state index contributed by atoms with van der Waals surface area (Å²) in [7, 11) is 0. The van der Waals surface area contributed by atoms with E-state index >= 15 is 0 Å². The lowest BCUT2D eigenvalue weighted by Gasteiger charge is -2.75. The van der Waals surface area contributed by atoms with E-state index in [4.69, 9.17) is 37.9 Å². The van der Waals surface area contributed by atoms with Gasteiger partial charge >= 0.3 is 0 Å². The van der Waals surface area contributed by atoms with Gasteiger partial charge in [-0.25, -0.2) is 0 Å². The Bertz CT molecular complexity index is 882. The fourth-order valence-electron chi connectivity index (χ4n) is 11.5. The summed E-state index contributed by atoms with van der Waals surface area (Å²) in [4.78, 5) is 0. The summed E-state index contributed by atoms with van der Waals surface area (Å²) in [5, 5.41) is 11.1. The lowest BCUT2D eigenvalue weighted by atomic mass is 9.32. The van der Waals surface area contributed by atoms with Gasteiger partial charge in [0.15, 0.2) is 0 Å². The number of fused-ring (bicyclic) bond motifs is 7. The summed E-state index contributed by atoms with van der Waals surface area (Å²) in [5.41, 5.74) is 2.23. The van der Waals surface area contributed by atoms with E-state index in [0.29, 0.717) is 28.6 Å². The lowest BCUT2D eigenvalue weighted by Crippen LogP contribution is -2.73. The molecule has 0 aromatic carbocycles. The van der Waals surface area contributed by atoms with Gasteiger partial charge in [0.1, 0.15) is 0 Å². The second-order valence-electron chi connectivity index (χ2n) is 15.1. The van der Waals surface area contributed by atoms with Gasteiger partial charge in [-0.2, -0.15) is 37.9 Å². The van der Waals surface area contributed by atoms with E-state index in [1.165, 1.54) is 50.5 Å². The molecule has 0 aromatic heterocycles. The third kappa shape index (κ3) is 2.90. The molecular formula is C30H50OS3. The maximum atomic E-state index is 11.3. The number of aliphatic hydroxyl groups excluding tert-OH is 1. The van der Waals surface area contributed by atoms with Crippen molar-refractivity contribution in [2.24, 2.45) is 56.7 Å². The van der Waals surface area contributed by atoms with Crippen LogP contribution in [0.25, 0.3) is 0 Å². The van der Waals surface area contributed by atoms with E-state index in [1.807, 2.05) is 0 Å². The molecule has 0 bridgehead atoms. The molecule has 0 radical (unpaired) electrons. The summed E-state index contributed by atoms with van der Waals surface area (Å²) in [6, 6.07) is 0. The van der Waals surface area contributed by atoms with Crippen molar-refractivity contribution >= 4 is 37.9 Å². The first-order valence-electron chi connectivity index (χ1n) is 14.0. The summed E-state index contributed by atoms with van der Waals surface area (Å²) in [5.74, 6) is 3.20. The zero-order valence-corrected chi connectivity index (χ0v) is 25.4. The highest BCUT2D eigenvalue weighted by molar-refractivity contribution is 8.02. The van der Waals surface area contributed by atoms with Gasteiger partial charge in [0.2, 0.25) is 0 Å². The molecule has 5 rings (SSSR count). The fraction of sp³-hybridized carbons (Fsp3) is 0.933. The average molecular weight is 523 g/mol. The highest BCUT2D eigenvalue weighted by Crippen LogP contribution is 2.79. The Balaban J connectivity index is 1.61. The molecule has 5 aliphatic carbocycles. The normalized spacial score (nSPS) is 57.7. The van der Waals surface area contributed by atoms with Gasteiger partial charge in [0, 0.05) is 0 Å². The second-order valence-corrected chi connectivity index (χ2v) is 17.4. The highest BCUT2D eigenvalue weighted by Gasteiger charge is 2.75. The Kier molecular flexibility index (Phi) is 5.94. The third-order valence-electron chi connectivity index (χ3n) is 13.8. The predicted octanol–water partition coefficient (Wildman–Crippen LogP) is 8.10. The fourth-order valence-corrected chi connectivity index (χ4v) is 13.1. The molecule has 0 spiro atoms. The van der Waals surface area contributed by atoms with Gasteiger partial charge in [-0.1, -0.05) is 53.7 Å². The van der Waals surface area contributed by atoms with Crippen LogP contribution < -0.4 is 0 Å². The molecule has 11 atom stereocenters. The van der Waals surface area contributed by atoms with Gasteiger partial charge < -0.3 is 5.11 Å². The quantitative estimate of drug-likeness (QED) is 0.156. The molecule has 0 saturated heterocycles. The van der Waals surface area contributed by atoms with Crippen LogP contribution in [0.3, 0.4) is 0 Å². The van der Waals surface area contributed by atoms with Crippen LogP contribution in [0.1, 0.15) is 99.8 Å². The molecular weight excluding hydrogens is 473 g/mol. The van der Waals surface area contributed by atoms with Gasteiger partial charge in [-0.15, -0.1) is 0 Å². The summed E-state index contributed by atoms with van der Waals surface area (Å²) in [6.45, 7) is 21.8. The first-order valence-corrected chi connectivity index (χ1v) is 15.4. The van der Waals surface area contributed by atoms with Crippen LogP contribution in [0, 0.1) is 56.7 Å². The molecule has 0 aliphatic heterocycles. The van der Waals surface area contributed by atoms with E-state index in [0.717, 1.165) is 18.3 Å². The summed E-state index contributed by atoms with van der Waals surface area (Å²) in [6.07, 6.45) is 9.94. The molecule has 0 aromatic rings. The molecule has 0 heterocycles. The summed E-state index contributed by atoms with van der Waals surface area (Å²) >= 11 is 15.6. The number of aliphatic hydroxyl groups is 1. The van der Waals surface area contributed by atoms with Gasteiger partial charge in [-0.3, -0.25) is 0 Å². The van der Waals surface area contributed by atoms with Gasteiger partial charge in [0.25, 0.3) is 0 Å². The van der Waals surface area contributed by atoms with Crippen molar-refractivity contribution in [3.8, 4) is 0 Å². The standard InChI is InChI=1S/C30H50OS3/c1-17(2)18-11-13-26(5)15-16-27(6)19(22(18)26)9-10-21-28(27,7)14-12-20-25(3,4)23(31)24(32)30(33,34)29(20,21)8/h18-24,31-34H,1,9-16H2,2-8H3/t18-,19+,20+,21+,22+,23+,24?,26+,27+,28+,29-/m0/s1. The van der Waals surface area contributed by atoms with Crippen LogP contribution in [-0.2, 0) is 0 Å². The number of rotatable bonds is 1. The molecule has 194 valence electrons.